The zero-order valence-corrected chi connectivity index (χ0v) is 11.8. The first-order valence-corrected chi connectivity index (χ1v) is 6.77. The van der Waals surface area contributed by atoms with E-state index in [1.807, 2.05) is 13.8 Å². The molecule has 1 aromatic carbocycles. The van der Waals surface area contributed by atoms with E-state index < -0.39 is 11.7 Å². The van der Waals surface area contributed by atoms with Gasteiger partial charge in [-0.05, 0) is 12.1 Å². The van der Waals surface area contributed by atoms with Crippen LogP contribution in [-0.2, 0) is 0 Å². The lowest BCUT2D eigenvalue weighted by molar-refractivity contribution is 0.102. The van der Waals surface area contributed by atoms with Crippen molar-refractivity contribution in [3.8, 4) is 0 Å². The third-order valence-electron chi connectivity index (χ3n) is 2.34. The van der Waals surface area contributed by atoms with Gasteiger partial charge in [-0.25, -0.2) is 4.39 Å². The SMILES string of the molecule is CC(C)c1nnc(NC(=O)c2c(F)cccc2Cl)s1. The van der Waals surface area contributed by atoms with Crippen molar-refractivity contribution in [1.82, 2.24) is 10.2 Å². The number of halogens is 2. The van der Waals surface area contributed by atoms with Gasteiger partial charge in [-0.2, -0.15) is 0 Å². The van der Waals surface area contributed by atoms with Crippen LogP contribution in [0.15, 0.2) is 18.2 Å². The minimum absolute atomic E-state index is 0.0612. The van der Waals surface area contributed by atoms with Gasteiger partial charge in [0.05, 0.1) is 10.6 Å². The molecule has 1 N–H and O–H groups in total. The fourth-order valence-electron chi connectivity index (χ4n) is 1.39. The molecule has 0 fully saturated rings. The first-order chi connectivity index (χ1) is 8.99. The Bertz CT molecular complexity index is 595. The van der Waals surface area contributed by atoms with Gasteiger partial charge in [0, 0.05) is 5.92 Å². The van der Waals surface area contributed by atoms with E-state index in [0.29, 0.717) is 5.13 Å². The van der Waals surface area contributed by atoms with E-state index in [-0.39, 0.29) is 16.5 Å². The number of nitrogens with zero attached hydrogens (tertiary/aromatic N) is 2. The van der Waals surface area contributed by atoms with Crippen molar-refractivity contribution >= 4 is 34.0 Å². The summed E-state index contributed by atoms with van der Waals surface area (Å²) in [6.45, 7) is 3.94. The van der Waals surface area contributed by atoms with Gasteiger partial charge in [0.2, 0.25) is 5.13 Å². The maximum atomic E-state index is 13.6. The van der Waals surface area contributed by atoms with Gasteiger partial charge >= 0.3 is 0 Å². The first-order valence-electron chi connectivity index (χ1n) is 5.57. The number of aromatic nitrogens is 2. The van der Waals surface area contributed by atoms with E-state index >= 15 is 0 Å². The van der Waals surface area contributed by atoms with Crippen molar-refractivity contribution in [1.29, 1.82) is 0 Å². The molecule has 0 aliphatic rings. The topological polar surface area (TPSA) is 54.9 Å². The van der Waals surface area contributed by atoms with Crippen LogP contribution in [0.2, 0.25) is 5.02 Å². The monoisotopic (exact) mass is 299 g/mol. The normalized spacial score (nSPS) is 10.8. The van der Waals surface area contributed by atoms with E-state index in [1.54, 1.807) is 0 Å². The van der Waals surface area contributed by atoms with Gasteiger partial charge in [0.15, 0.2) is 0 Å². The molecule has 2 rings (SSSR count). The average molecular weight is 300 g/mol. The minimum Gasteiger partial charge on any atom is -0.296 e. The molecule has 2 aromatic rings. The molecule has 4 nitrogen and oxygen atoms in total. The number of rotatable bonds is 3. The second-order valence-electron chi connectivity index (χ2n) is 4.15. The van der Waals surface area contributed by atoms with Gasteiger partial charge in [-0.1, -0.05) is 42.9 Å². The lowest BCUT2D eigenvalue weighted by Gasteiger charge is -2.04. The average Bonchev–Trinajstić information content (AvgIpc) is 2.77. The summed E-state index contributed by atoms with van der Waals surface area (Å²) in [5, 5.41) is 11.5. The van der Waals surface area contributed by atoms with Crippen molar-refractivity contribution in [3.05, 3.63) is 39.6 Å². The molecular formula is C12H11ClFN3OS. The molecule has 0 radical (unpaired) electrons. The van der Waals surface area contributed by atoms with E-state index in [4.69, 9.17) is 11.6 Å². The Morgan fingerprint density at radius 2 is 2.16 bits per heavy atom. The van der Waals surface area contributed by atoms with Crippen molar-refractivity contribution in [2.75, 3.05) is 5.32 Å². The van der Waals surface area contributed by atoms with Crippen LogP contribution in [0.4, 0.5) is 9.52 Å². The van der Waals surface area contributed by atoms with Crippen molar-refractivity contribution in [2.45, 2.75) is 19.8 Å². The highest BCUT2D eigenvalue weighted by molar-refractivity contribution is 7.15. The van der Waals surface area contributed by atoms with Crippen molar-refractivity contribution < 1.29 is 9.18 Å². The fourth-order valence-corrected chi connectivity index (χ4v) is 2.38. The summed E-state index contributed by atoms with van der Waals surface area (Å²) in [5.41, 5.74) is -0.189. The Morgan fingerprint density at radius 3 is 2.74 bits per heavy atom. The second-order valence-corrected chi connectivity index (χ2v) is 5.57. The van der Waals surface area contributed by atoms with E-state index in [1.165, 1.54) is 29.5 Å². The highest BCUT2D eigenvalue weighted by atomic mass is 35.5. The van der Waals surface area contributed by atoms with Crippen molar-refractivity contribution in [2.24, 2.45) is 0 Å². The summed E-state index contributed by atoms with van der Waals surface area (Å²) in [6.07, 6.45) is 0. The zero-order valence-electron chi connectivity index (χ0n) is 10.3. The lowest BCUT2D eigenvalue weighted by Crippen LogP contribution is -2.14. The maximum Gasteiger partial charge on any atom is 0.261 e. The molecule has 0 aliphatic carbocycles. The third-order valence-corrected chi connectivity index (χ3v) is 3.80. The Labute approximate surface area is 118 Å². The summed E-state index contributed by atoms with van der Waals surface area (Å²) in [4.78, 5) is 11.9. The molecule has 0 saturated carbocycles. The van der Waals surface area contributed by atoms with Crippen LogP contribution in [-0.4, -0.2) is 16.1 Å². The molecular weight excluding hydrogens is 289 g/mol. The second kappa shape index (κ2) is 5.63. The summed E-state index contributed by atoms with van der Waals surface area (Å²) in [7, 11) is 0. The zero-order chi connectivity index (χ0) is 14.0. The molecule has 100 valence electrons. The number of nitrogens with one attached hydrogen (secondary N) is 1. The van der Waals surface area contributed by atoms with Crippen LogP contribution in [0.3, 0.4) is 0 Å². The minimum atomic E-state index is -0.668. The molecule has 1 aromatic heterocycles. The van der Waals surface area contributed by atoms with Gasteiger partial charge < -0.3 is 0 Å². The first kappa shape index (κ1) is 13.9. The molecule has 0 bridgehead atoms. The standard InChI is InChI=1S/C12H11ClFN3OS/c1-6(2)11-16-17-12(19-11)15-10(18)9-7(13)4-3-5-8(9)14/h3-6H,1-2H3,(H,15,17,18). The third kappa shape index (κ3) is 3.08. The number of benzene rings is 1. The summed E-state index contributed by atoms with van der Waals surface area (Å²) >= 11 is 7.07. The van der Waals surface area contributed by atoms with Crippen LogP contribution in [0.5, 0.6) is 0 Å². The number of hydrogen-bond acceptors (Lipinski definition) is 4. The molecule has 0 saturated heterocycles. The summed E-state index contributed by atoms with van der Waals surface area (Å²) in [5.74, 6) is -1.08. The Morgan fingerprint density at radius 1 is 1.42 bits per heavy atom. The lowest BCUT2D eigenvalue weighted by atomic mass is 10.2. The Hall–Kier alpha value is -1.53. The number of hydrogen-bond donors (Lipinski definition) is 1. The predicted molar refractivity (Wildman–Crippen MR) is 73.4 cm³/mol. The Kier molecular flexibility index (Phi) is 4.11. The molecule has 0 spiro atoms. The van der Waals surface area contributed by atoms with Crippen LogP contribution < -0.4 is 5.32 Å². The van der Waals surface area contributed by atoms with Crippen LogP contribution in [0, 0.1) is 5.82 Å². The highest BCUT2D eigenvalue weighted by Crippen LogP contribution is 2.24. The predicted octanol–water partition coefficient (Wildman–Crippen LogP) is 3.71. The van der Waals surface area contributed by atoms with E-state index in [9.17, 15) is 9.18 Å². The Balaban J connectivity index is 2.21. The van der Waals surface area contributed by atoms with Gasteiger partial charge in [0.25, 0.3) is 5.91 Å². The summed E-state index contributed by atoms with van der Waals surface area (Å²) < 4.78 is 13.6. The van der Waals surface area contributed by atoms with Crippen molar-refractivity contribution in [3.63, 3.8) is 0 Å². The molecule has 7 heteroatoms. The maximum absolute atomic E-state index is 13.6. The number of amides is 1. The molecule has 19 heavy (non-hydrogen) atoms. The molecule has 0 unspecified atom stereocenters. The smallest absolute Gasteiger partial charge is 0.261 e. The van der Waals surface area contributed by atoms with Crippen LogP contribution >= 0.6 is 22.9 Å². The van der Waals surface area contributed by atoms with E-state index in [2.05, 4.69) is 15.5 Å². The van der Waals surface area contributed by atoms with Gasteiger partial charge in [-0.3, -0.25) is 10.1 Å². The summed E-state index contributed by atoms with van der Waals surface area (Å²) in [6, 6.07) is 4.08. The van der Waals surface area contributed by atoms with Gasteiger partial charge in [-0.15, -0.1) is 10.2 Å². The number of carbonyl (C=O) groups excluding carboxylic acids is 1. The quantitative estimate of drug-likeness (QED) is 0.940. The van der Waals surface area contributed by atoms with E-state index in [0.717, 1.165) is 5.01 Å². The highest BCUT2D eigenvalue weighted by Gasteiger charge is 2.17. The fraction of sp³-hybridized carbons (Fsp3) is 0.250. The van der Waals surface area contributed by atoms with Gasteiger partial charge in [0.1, 0.15) is 10.8 Å². The molecule has 0 aliphatic heterocycles. The molecule has 1 amide bonds. The van der Waals surface area contributed by atoms with Crippen LogP contribution in [0.25, 0.3) is 0 Å². The van der Waals surface area contributed by atoms with Crippen LogP contribution in [0.1, 0.15) is 35.1 Å². The number of anilines is 1. The number of carbonyl (C=O) groups is 1. The molecule has 0 atom stereocenters. The largest absolute Gasteiger partial charge is 0.296 e. The molecule has 1 heterocycles.